The van der Waals surface area contributed by atoms with E-state index in [2.05, 4.69) is 20.9 Å². The topological polar surface area (TPSA) is 52.8 Å². The van der Waals surface area contributed by atoms with E-state index in [-0.39, 0.29) is 0 Å². The molecule has 2 heterocycles. The second-order valence-corrected chi connectivity index (χ2v) is 5.45. The van der Waals surface area contributed by atoms with E-state index in [0.717, 1.165) is 30.2 Å². The van der Waals surface area contributed by atoms with Crippen molar-refractivity contribution in [1.82, 2.24) is 9.97 Å². The highest BCUT2D eigenvalue weighted by atomic mass is 15.2. The van der Waals surface area contributed by atoms with Crippen LogP contribution < -0.4 is 4.90 Å². The first kappa shape index (κ1) is 14.3. The zero-order chi connectivity index (χ0) is 15.4. The number of benzene rings is 1. The van der Waals surface area contributed by atoms with E-state index in [1.165, 1.54) is 12.8 Å². The summed E-state index contributed by atoms with van der Waals surface area (Å²) in [5.74, 6) is 1.69. The highest BCUT2D eigenvalue weighted by Gasteiger charge is 2.14. The molecule has 2 aromatic rings. The molecule has 0 aliphatic carbocycles. The third-order valence-corrected chi connectivity index (χ3v) is 3.78. The average Bonchev–Trinajstić information content (AvgIpc) is 3.07. The third-order valence-electron chi connectivity index (χ3n) is 3.78. The highest BCUT2D eigenvalue weighted by Crippen LogP contribution is 2.19. The molecule has 0 amide bonds. The van der Waals surface area contributed by atoms with Crippen LogP contribution in [0.1, 0.15) is 35.5 Å². The normalized spacial score (nSPS) is 14.5. The number of nitrogens with zero attached hydrogens (tertiary/aromatic N) is 4. The van der Waals surface area contributed by atoms with E-state index in [9.17, 15) is 0 Å². The van der Waals surface area contributed by atoms with Crippen LogP contribution in [0.25, 0.3) is 12.2 Å². The van der Waals surface area contributed by atoms with Crippen LogP contribution in [0.15, 0.2) is 30.3 Å². The van der Waals surface area contributed by atoms with Gasteiger partial charge in [0.25, 0.3) is 0 Å². The molecule has 110 valence electrons. The molecule has 4 nitrogen and oxygen atoms in total. The molecular formula is C18H18N4. The number of aromatic nitrogens is 2. The van der Waals surface area contributed by atoms with E-state index in [4.69, 9.17) is 5.26 Å². The molecule has 0 radical (unpaired) electrons. The van der Waals surface area contributed by atoms with Crippen LogP contribution in [-0.2, 0) is 0 Å². The molecule has 0 atom stereocenters. The van der Waals surface area contributed by atoms with Gasteiger partial charge in [0.1, 0.15) is 5.82 Å². The quantitative estimate of drug-likeness (QED) is 0.869. The van der Waals surface area contributed by atoms with Crippen molar-refractivity contribution in [2.75, 3.05) is 18.0 Å². The van der Waals surface area contributed by atoms with E-state index in [1.54, 1.807) is 0 Å². The SMILES string of the molecule is Cc1cc(N2CCCC2)nc(/C=C/c2ccccc2C#N)n1. The van der Waals surface area contributed by atoms with Gasteiger partial charge in [-0.1, -0.05) is 18.2 Å². The van der Waals surface area contributed by atoms with Gasteiger partial charge in [0, 0.05) is 24.8 Å². The fraction of sp³-hybridized carbons (Fsp3) is 0.278. The smallest absolute Gasteiger partial charge is 0.154 e. The summed E-state index contributed by atoms with van der Waals surface area (Å²) in [6, 6.07) is 11.8. The van der Waals surface area contributed by atoms with Crippen LogP contribution in [0, 0.1) is 18.3 Å². The Morgan fingerprint density at radius 3 is 2.68 bits per heavy atom. The minimum Gasteiger partial charge on any atom is -0.356 e. The number of anilines is 1. The number of hydrogen-bond acceptors (Lipinski definition) is 4. The molecule has 1 aliphatic rings. The number of nitriles is 1. The second kappa shape index (κ2) is 6.40. The summed E-state index contributed by atoms with van der Waals surface area (Å²) in [5, 5.41) is 9.13. The molecular weight excluding hydrogens is 272 g/mol. The Labute approximate surface area is 130 Å². The number of rotatable bonds is 3. The Bertz CT molecular complexity index is 737. The van der Waals surface area contributed by atoms with E-state index in [0.29, 0.717) is 11.4 Å². The summed E-state index contributed by atoms with van der Waals surface area (Å²) in [7, 11) is 0. The molecule has 1 aromatic carbocycles. The molecule has 1 aromatic heterocycles. The Kier molecular flexibility index (Phi) is 4.15. The predicted molar refractivity (Wildman–Crippen MR) is 88.3 cm³/mol. The van der Waals surface area contributed by atoms with Crippen molar-refractivity contribution >= 4 is 18.0 Å². The molecule has 0 bridgehead atoms. The molecule has 1 saturated heterocycles. The fourth-order valence-corrected chi connectivity index (χ4v) is 2.67. The first-order chi connectivity index (χ1) is 10.8. The maximum atomic E-state index is 9.13. The molecule has 0 spiro atoms. The van der Waals surface area contributed by atoms with E-state index >= 15 is 0 Å². The van der Waals surface area contributed by atoms with Crippen molar-refractivity contribution in [2.45, 2.75) is 19.8 Å². The summed E-state index contributed by atoms with van der Waals surface area (Å²) in [6.07, 6.45) is 6.23. The zero-order valence-electron chi connectivity index (χ0n) is 12.7. The van der Waals surface area contributed by atoms with Gasteiger partial charge < -0.3 is 4.90 Å². The van der Waals surface area contributed by atoms with Gasteiger partial charge in [-0.3, -0.25) is 0 Å². The van der Waals surface area contributed by atoms with Gasteiger partial charge >= 0.3 is 0 Å². The maximum absolute atomic E-state index is 9.13. The lowest BCUT2D eigenvalue weighted by atomic mass is 10.1. The van der Waals surface area contributed by atoms with E-state index in [1.807, 2.05) is 49.4 Å². The molecule has 3 rings (SSSR count). The van der Waals surface area contributed by atoms with Crippen molar-refractivity contribution in [2.24, 2.45) is 0 Å². The predicted octanol–water partition coefficient (Wildman–Crippen LogP) is 3.43. The summed E-state index contributed by atoms with van der Waals surface area (Å²) in [5.41, 5.74) is 2.51. The third kappa shape index (κ3) is 3.15. The molecule has 0 saturated carbocycles. The van der Waals surface area contributed by atoms with E-state index < -0.39 is 0 Å². The van der Waals surface area contributed by atoms with Crippen LogP contribution >= 0.6 is 0 Å². The van der Waals surface area contributed by atoms with Crippen LogP contribution in [0.3, 0.4) is 0 Å². The van der Waals surface area contributed by atoms with Crippen molar-refractivity contribution in [3.63, 3.8) is 0 Å². The lowest BCUT2D eigenvalue weighted by Gasteiger charge is -2.16. The summed E-state index contributed by atoms with van der Waals surface area (Å²) in [4.78, 5) is 11.4. The number of hydrogen-bond donors (Lipinski definition) is 0. The highest BCUT2D eigenvalue weighted by molar-refractivity contribution is 5.70. The molecule has 4 heteroatoms. The maximum Gasteiger partial charge on any atom is 0.154 e. The fourth-order valence-electron chi connectivity index (χ4n) is 2.67. The van der Waals surface area contributed by atoms with Crippen LogP contribution in [-0.4, -0.2) is 23.1 Å². The lowest BCUT2D eigenvalue weighted by molar-refractivity contribution is 0.915. The second-order valence-electron chi connectivity index (χ2n) is 5.45. The molecule has 1 aliphatic heterocycles. The van der Waals surface area contributed by atoms with Crippen LogP contribution in [0.5, 0.6) is 0 Å². The van der Waals surface area contributed by atoms with Gasteiger partial charge in [0.15, 0.2) is 5.82 Å². The van der Waals surface area contributed by atoms with Crippen molar-refractivity contribution in [3.05, 3.63) is 53.0 Å². The van der Waals surface area contributed by atoms with Crippen molar-refractivity contribution < 1.29 is 0 Å². The average molecular weight is 290 g/mol. The summed E-state index contributed by atoms with van der Waals surface area (Å²) >= 11 is 0. The van der Waals surface area contributed by atoms with Gasteiger partial charge in [-0.05, 0) is 43.5 Å². The monoisotopic (exact) mass is 290 g/mol. The molecule has 22 heavy (non-hydrogen) atoms. The van der Waals surface area contributed by atoms with Crippen molar-refractivity contribution in [1.29, 1.82) is 5.26 Å². The zero-order valence-corrected chi connectivity index (χ0v) is 12.7. The molecule has 0 unspecified atom stereocenters. The lowest BCUT2D eigenvalue weighted by Crippen LogP contribution is -2.19. The minimum atomic E-state index is 0.658. The summed E-state index contributed by atoms with van der Waals surface area (Å²) in [6.45, 7) is 4.12. The molecule has 1 fully saturated rings. The Morgan fingerprint density at radius 2 is 1.91 bits per heavy atom. The van der Waals surface area contributed by atoms with Gasteiger partial charge in [-0.15, -0.1) is 0 Å². The van der Waals surface area contributed by atoms with Gasteiger partial charge in [0.05, 0.1) is 11.6 Å². The molecule has 0 N–H and O–H groups in total. The Balaban J connectivity index is 1.88. The largest absolute Gasteiger partial charge is 0.356 e. The van der Waals surface area contributed by atoms with Gasteiger partial charge in [0.2, 0.25) is 0 Å². The number of aryl methyl sites for hydroxylation is 1. The Hall–Kier alpha value is -2.67. The minimum absolute atomic E-state index is 0.658. The van der Waals surface area contributed by atoms with Gasteiger partial charge in [-0.25, -0.2) is 9.97 Å². The van der Waals surface area contributed by atoms with Crippen molar-refractivity contribution in [3.8, 4) is 6.07 Å². The first-order valence-corrected chi connectivity index (χ1v) is 7.54. The Morgan fingerprint density at radius 1 is 1.14 bits per heavy atom. The first-order valence-electron chi connectivity index (χ1n) is 7.54. The summed E-state index contributed by atoms with van der Waals surface area (Å²) < 4.78 is 0. The standard InChI is InChI=1S/C18H18N4/c1-14-12-18(22-10-4-5-11-22)21-17(20-14)9-8-15-6-2-3-7-16(15)13-19/h2-3,6-9,12H,4-5,10-11H2,1H3/b9-8+. The van der Waals surface area contributed by atoms with Crippen LogP contribution in [0.2, 0.25) is 0 Å². The van der Waals surface area contributed by atoms with Crippen LogP contribution in [0.4, 0.5) is 5.82 Å². The van der Waals surface area contributed by atoms with Gasteiger partial charge in [-0.2, -0.15) is 5.26 Å².